The normalized spacial score (nSPS) is 11.0. The minimum Gasteiger partial charge on any atom is -0.377 e. The summed E-state index contributed by atoms with van der Waals surface area (Å²) >= 11 is 0. The van der Waals surface area contributed by atoms with E-state index in [1.165, 1.54) is 0 Å². The zero-order valence-corrected chi connectivity index (χ0v) is 12.5. The van der Waals surface area contributed by atoms with Gasteiger partial charge in [0, 0.05) is 12.2 Å². The first-order chi connectivity index (χ1) is 10.8. The summed E-state index contributed by atoms with van der Waals surface area (Å²) in [5, 5.41) is 0.603. The molecule has 1 N–H and O–H groups in total. The van der Waals surface area contributed by atoms with Crippen molar-refractivity contribution in [3.05, 3.63) is 64.4 Å². The summed E-state index contributed by atoms with van der Waals surface area (Å²) in [5.74, 6) is 0.583. The van der Waals surface area contributed by atoms with Crippen molar-refractivity contribution in [1.82, 2.24) is 9.97 Å². The van der Waals surface area contributed by atoms with Crippen molar-refractivity contribution >= 4 is 10.9 Å². The van der Waals surface area contributed by atoms with E-state index in [4.69, 9.17) is 4.74 Å². The molecule has 0 spiro atoms. The van der Waals surface area contributed by atoms with Gasteiger partial charge < -0.3 is 9.72 Å². The Morgan fingerprint density at radius 1 is 1.09 bits per heavy atom. The van der Waals surface area contributed by atoms with Gasteiger partial charge in [-0.1, -0.05) is 43.3 Å². The fourth-order valence-electron chi connectivity index (χ4n) is 2.42. The molecule has 0 bridgehead atoms. The zero-order chi connectivity index (χ0) is 15.4. The summed E-state index contributed by atoms with van der Waals surface area (Å²) in [6.07, 6.45) is 0.979. The molecule has 0 saturated carbocycles. The highest BCUT2D eigenvalue weighted by Gasteiger charge is 2.09. The molecule has 22 heavy (non-hydrogen) atoms. The average Bonchev–Trinajstić information content (AvgIpc) is 2.55. The van der Waals surface area contributed by atoms with Gasteiger partial charge in [-0.3, -0.25) is 4.79 Å². The Morgan fingerprint density at radius 2 is 1.86 bits per heavy atom. The molecule has 3 aromatic rings. The number of rotatable bonds is 5. The molecule has 0 fully saturated rings. The molecule has 0 unspecified atom stereocenters. The monoisotopic (exact) mass is 294 g/mol. The molecule has 0 aliphatic heterocycles. The van der Waals surface area contributed by atoms with Gasteiger partial charge in [-0.2, -0.15) is 0 Å². The van der Waals surface area contributed by atoms with Gasteiger partial charge in [-0.15, -0.1) is 0 Å². The molecule has 0 radical (unpaired) electrons. The van der Waals surface area contributed by atoms with Crippen LogP contribution in [0.2, 0.25) is 0 Å². The zero-order valence-electron chi connectivity index (χ0n) is 12.5. The van der Waals surface area contributed by atoms with Gasteiger partial charge in [-0.05, 0) is 24.1 Å². The third-order valence-corrected chi connectivity index (χ3v) is 3.49. The molecule has 112 valence electrons. The van der Waals surface area contributed by atoms with E-state index in [9.17, 15) is 4.79 Å². The van der Waals surface area contributed by atoms with Crippen LogP contribution in [0, 0.1) is 0 Å². The Labute approximate surface area is 128 Å². The summed E-state index contributed by atoms with van der Waals surface area (Å²) in [4.78, 5) is 19.7. The van der Waals surface area contributed by atoms with Crippen LogP contribution in [-0.4, -0.2) is 16.6 Å². The molecule has 0 saturated heterocycles. The molecular formula is C18H18N2O2. The van der Waals surface area contributed by atoms with E-state index in [1.807, 2.05) is 42.5 Å². The summed E-state index contributed by atoms with van der Waals surface area (Å²) in [5.41, 5.74) is 2.51. The van der Waals surface area contributed by atoms with E-state index in [2.05, 4.69) is 16.9 Å². The molecule has 1 aromatic heterocycles. The molecule has 4 nitrogen and oxygen atoms in total. The standard InChI is InChI=1S/C18H18N2O2/c1-2-11-22-12-13-7-3-4-8-14(13)17-19-16-10-6-5-9-15(16)18(21)20-17/h3-10H,2,11-12H2,1H3,(H,19,20,21). The maximum absolute atomic E-state index is 12.2. The highest BCUT2D eigenvalue weighted by molar-refractivity contribution is 5.79. The lowest BCUT2D eigenvalue weighted by molar-refractivity contribution is 0.122. The highest BCUT2D eigenvalue weighted by Crippen LogP contribution is 2.21. The van der Waals surface area contributed by atoms with Gasteiger partial charge in [0.1, 0.15) is 5.82 Å². The largest absolute Gasteiger partial charge is 0.377 e. The van der Waals surface area contributed by atoms with E-state index in [0.29, 0.717) is 23.3 Å². The van der Waals surface area contributed by atoms with Crippen LogP contribution in [0.3, 0.4) is 0 Å². The number of aromatic nitrogens is 2. The van der Waals surface area contributed by atoms with Crippen LogP contribution in [0.25, 0.3) is 22.3 Å². The van der Waals surface area contributed by atoms with Crippen molar-refractivity contribution in [3.8, 4) is 11.4 Å². The quantitative estimate of drug-likeness (QED) is 0.733. The second-order valence-electron chi connectivity index (χ2n) is 5.14. The van der Waals surface area contributed by atoms with E-state index in [0.717, 1.165) is 24.2 Å². The molecular weight excluding hydrogens is 276 g/mol. The van der Waals surface area contributed by atoms with E-state index in [1.54, 1.807) is 6.07 Å². The van der Waals surface area contributed by atoms with Crippen LogP contribution in [0.15, 0.2) is 53.3 Å². The van der Waals surface area contributed by atoms with E-state index >= 15 is 0 Å². The van der Waals surface area contributed by atoms with E-state index < -0.39 is 0 Å². The molecule has 2 aromatic carbocycles. The average molecular weight is 294 g/mol. The van der Waals surface area contributed by atoms with Gasteiger partial charge in [0.25, 0.3) is 5.56 Å². The van der Waals surface area contributed by atoms with Crippen molar-refractivity contribution in [2.75, 3.05) is 6.61 Å². The van der Waals surface area contributed by atoms with Crippen LogP contribution in [0.1, 0.15) is 18.9 Å². The molecule has 0 amide bonds. The lowest BCUT2D eigenvalue weighted by atomic mass is 10.1. The Kier molecular flexibility index (Phi) is 4.30. The molecule has 0 atom stereocenters. The van der Waals surface area contributed by atoms with Gasteiger partial charge in [0.15, 0.2) is 0 Å². The lowest BCUT2D eigenvalue weighted by Gasteiger charge is -2.10. The molecule has 0 aliphatic rings. The van der Waals surface area contributed by atoms with Gasteiger partial charge in [-0.25, -0.2) is 4.98 Å². The summed E-state index contributed by atoms with van der Waals surface area (Å²) in [6, 6.07) is 15.2. The minimum absolute atomic E-state index is 0.120. The fraction of sp³-hybridized carbons (Fsp3) is 0.222. The smallest absolute Gasteiger partial charge is 0.259 e. The van der Waals surface area contributed by atoms with Crippen LogP contribution in [-0.2, 0) is 11.3 Å². The number of ether oxygens (including phenoxy) is 1. The Morgan fingerprint density at radius 3 is 2.73 bits per heavy atom. The first kappa shape index (κ1) is 14.5. The van der Waals surface area contributed by atoms with Crippen LogP contribution < -0.4 is 5.56 Å². The number of hydrogen-bond acceptors (Lipinski definition) is 3. The Bertz CT molecular complexity index is 840. The third kappa shape index (κ3) is 2.92. The summed E-state index contributed by atoms with van der Waals surface area (Å²) < 4.78 is 5.63. The van der Waals surface area contributed by atoms with Gasteiger partial charge in [0.05, 0.1) is 17.5 Å². The number of aromatic amines is 1. The number of benzene rings is 2. The van der Waals surface area contributed by atoms with Crippen molar-refractivity contribution in [3.63, 3.8) is 0 Å². The topological polar surface area (TPSA) is 55.0 Å². The third-order valence-electron chi connectivity index (χ3n) is 3.49. The number of para-hydroxylation sites is 1. The molecule has 4 heteroatoms. The summed E-state index contributed by atoms with van der Waals surface area (Å²) in [7, 11) is 0. The highest BCUT2D eigenvalue weighted by atomic mass is 16.5. The number of fused-ring (bicyclic) bond motifs is 1. The first-order valence-electron chi connectivity index (χ1n) is 7.44. The second kappa shape index (κ2) is 6.54. The van der Waals surface area contributed by atoms with Crippen molar-refractivity contribution < 1.29 is 4.74 Å². The van der Waals surface area contributed by atoms with Gasteiger partial charge >= 0.3 is 0 Å². The van der Waals surface area contributed by atoms with Crippen LogP contribution >= 0.6 is 0 Å². The van der Waals surface area contributed by atoms with Crippen LogP contribution in [0.5, 0.6) is 0 Å². The molecule has 0 aliphatic carbocycles. The van der Waals surface area contributed by atoms with E-state index in [-0.39, 0.29) is 5.56 Å². The number of nitrogens with one attached hydrogen (secondary N) is 1. The number of hydrogen-bond donors (Lipinski definition) is 1. The van der Waals surface area contributed by atoms with Crippen LogP contribution in [0.4, 0.5) is 0 Å². The van der Waals surface area contributed by atoms with Crippen molar-refractivity contribution in [2.45, 2.75) is 20.0 Å². The van der Waals surface area contributed by atoms with Gasteiger partial charge in [0.2, 0.25) is 0 Å². The fourth-order valence-corrected chi connectivity index (χ4v) is 2.42. The lowest BCUT2D eigenvalue weighted by Crippen LogP contribution is -2.10. The Balaban J connectivity index is 2.06. The predicted octanol–water partition coefficient (Wildman–Crippen LogP) is 3.52. The maximum atomic E-state index is 12.2. The van der Waals surface area contributed by atoms with Crippen molar-refractivity contribution in [2.24, 2.45) is 0 Å². The second-order valence-corrected chi connectivity index (χ2v) is 5.14. The maximum Gasteiger partial charge on any atom is 0.259 e. The first-order valence-corrected chi connectivity index (χ1v) is 7.44. The Hall–Kier alpha value is -2.46. The SMILES string of the molecule is CCCOCc1ccccc1-c1nc2ccccc2c(=O)[nH]1. The predicted molar refractivity (Wildman–Crippen MR) is 87.7 cm³/mol. The number of nitrogens with zero attached hydrogens (tertiary/aromatic N) is 1. The summed E-state index contributed by atoms with van der Waals surface area (Å²) in [6.45, 7) is 3.31. The van der Waals surface area contributed by atoms with Crippen molar-refractivity contribution in [1.29, 1.82) is 0 Å². The minimum atomic E-state index is -0.120. The molecule has 3 rings (SSSR count). The number of H-pyrrole nitrogens is 1. The molecule has 1 heterocycles.